The summed E-state index contributed by atoms with van der Waals surface area (Å²) in [6, 6.07) is 5.86. The average molecular weight is 308 g/mol. The molecule has 0 aliphatic heterocycles. The van der Waals surface area contributed by atoms with Gasteiger partial charge in [0.1, 0.15) is 11.6 Å². The predicted octanol–water partition coefficient (Wildman–Crippen LogP) is 3.85. The van der Waals surface area contributed by atoms with Gasteiger partial charge in [0, 0.05) is 25.3 Å². The third kappa shape index (κ3) is 4.76. The number of nitrogens with zero attached hydrogens (tertiary/aromatic N) is 2. The molecule has 0 fully saturated rings. The van der Waals surface area contributed by atoms with Crippen molar-refractivity contribution >= 4 is 17.4 Å². The molecule has 2 rings (SSSR count). The number of pyridine rings is 1. The summed E-state index contributed by atoms with van der Waals surface area (Å²) in [6.45, 7) is 7.78. The van der Waals surface area contributed by atoms with E-state index in [1.165, 1.54) is 0 Å². The highest BCUT2D eigenvalue weighted by Gasteiger charge is 2.12. The van der Waals surface area contributed by atoms with E-state index in [9.17, 15) is 0 Å². The summed E-state index contributed by atoms with van der Waals surface area (Å²) in [5.74, 6) is 1.78. The van der Waals surface area contributed by atoms with Crippen LogP contribution in [-0.2, 0) is 13.1 Å². The molecule has 0 aliphatic rings. The van der Waals surface area contributed by atoms with E-state index in [1.54, 1.807) is 12.5 Å². The normalized spacial score (nSPS) is 11.7. The van der Waals surface area contributed by atoms with E-state index in [1.807, 2.05) is 30.1 Å². The van der Waals surface area contributed by atoms with E-state index >= 15 is 0 Å². The largest absolute Gasteiger partial charge is 0.467 e. The zero-order valence-corrected chi connectivity index (χ0v) is 13.7. The van der Waals surface area contributed by atoms with Crippen molar-refractivity contribution in [1.29, 1.82) is 0 Å². The Morgan fingerprint density at radius 3 is 2.76 bits per heavy atom. The number of furan rings is 1. The fraction of sp³-hybridized carbons (Fsp3) is 0.438. The number of hydrogen-bond acceptors (Lipinski definition) is 4. The van der Waals surface area contributed by atoms with Crippen molar-refractivity contribution in [1.82, 2.24) is 10.3 Å². The van der Waals surface area contributed by atoms with Crippen molar-refractivity contribution in [2.75, 3.05) is 11.9 Å². The Kier molecular flexibility index (Phi) is 4.91. The predicted molar refractivity (Wildman–Crippen MR) is 86.7 cm³/mol. The molecule has 0 aliphatic carbocycles. The van der Waals surface area contributed by atoms with E-state index in [0.717, 1.165) is 17.1 Å². The number of anilines is 1. The van der Waals surface area contributed by atoms with Gasteiger partial charge in [-0.2, -0.15) is 0 Å². The van der Waals surface area contributed by atoms with Gasteiger partial charge in [0.25, 0.3) is 0 Å². The Morgan fingerprint density at radius 1 is 1.38 bits per heavy atom. The minimum Gasteiger partial charge on any atom is -0.467 e. The van der Waals surface area contributed by atoms with Crippen LogP contribution in [0.3, 0.4) is 0 Å². The molecule has 0 aromatic carbocycles. The minimum atomic E-state index is 0.0484. The first kappa shape index (κ1) is 15.9. The second-order valence-electron chi connectivity index (χ2n) is 6.17. The van der Waals surface area contributed by atoms with Gasteiger partial charge < -0.3 is 14.6 Å². The summed E-state index contributed by atoms with van der Waals surface area (Å²) in [7, 11) is 1.99. The van der Waals surface area contributed by atoms with Crippen LogP contribution in [0.4, 0.5) is 5.82 Å². The zero-order valence-electron chi connectivity index (χ0n) is 13.0. The molecule has 0 amide bonds. The third-order valence-corrected chi connectivity index (χ3v) is 3.43. The van der Waals surface area contributed by atoms with Gasteiger partial charge in [0.05, 0.1) is 17.8 Å². The number of hydrogen-bond donors (Lipinski definition) is 1. The standard InChI is InChI=1S/C16H22ClN3O/c1-16(2,3)19-9-12-8-15(18-10-14(12)17)20(4)11-13-6-5-7-21-13/h5-8,10,19H,9,11H2,1-4H3. The molecule has 2 aromatic rings. The maximum atomic E-state index is 6.23. The number of halogens is 1. The molecule has 4 nitrogen and oxygen atoms in total. The molecule has 2 heterocycles. The second kappa shape index (κ2) is 6.50. The van der Waals surface area contributed by atoms with Gasteiger partial charge in [-0.05, 0) is 44.5 Å². The quantitative estimate of drug-likeness (QED) is 0.911. The van der Waals surface area contributed by atoms with Crippen LogP contribution in [0, 0.1) is 0 Å². The van der Waals surface area contributed by atoms with Crippen LogP contribution in [0.25, 0.3) is 0 Å². The van der Waals surface area contributed by atoms with Gasteiger partial charge in [-0.25, -0.2) is 4.98 Å². The van der Waals surface area contributed by atoms with Crippen LogP contribution in [0.1, 0.15) is 32.1 Å². The summed E-state index contributed by atoms with van der Waals surface area (Å²) in [6.07, 6.45) is 3.38. The number of nitrogens with one attached hydrogen (secondary N) is 1. The van der Waals surface area contributed by atoms with E-state index in [0.29, 0.717) is 18.1 Å². The SMILES string of the molecule is CN(Cc1ccco1)c1cc(CNC(C)(C)C)c(Cl)cn1. The maximum absolute atomic E-state index is 6.23. The van der Waals surface area contributed by atoms with Crippen molar-refractivity contribution in [3.05, 3.63) is 47.0 Å². The lowest BCUT2D eigenvalue weighted by Crippen LogP contribution is -2.35. The summed E-state index contributed by atoms with van der Waals surface area (Å²) in [5.41, 5.74) is 1.09. The van der Waals surface area contributed by atoms with Crippen LogP contribution in [-0.4, -0.2) is 17.6 Å². The Morgan fingerprint density at radius 2 is 2.14 bits per heavy atom. The average Bonchev–Trinajstić information content (AvgIpc) is 2.89. The fourth-order valence-corrected chi connectivity index (χ4v) is 2.06. The highest BCUT2D eigenvalue weighted by Crippen LogP contribution is 2.21. The number of aromatic nitrogens is 1. The second-order valence-corrected chi connectivity index (χ2v) is 6.58. The lowest BCUT2D eigenvalue weighted by atomic mass is 10.1. The monoisotopic (exact) mass is 307 g/mol. The Labute approximate surface area is 131 Å². The molecule has 5 heteroatoms. The first-order valence-corrected chi connectivity index (χ1v) is 7.36. The van der Waals surface area contributed by atoms with E-state index < -0.39 is 0 Å². The first-order valence-electron chi connectivity index (χ1n) is 6.98. The summed E-state index contributed by atoms with van der Waals surface area (Å²) < 4.78 is 5.36. The highest BCUT2D eigenvalue weighted by molar-refractivity contribution is 6.31. The van der Waals surface area contributed by atoms with Crippen molar-refractivity contribution in [2.24, 2.45) is 0 Å². The molecule has 2 aromatic heterocycles. The summed E-state index contributed by atoms with van der Waals surface area (Å²) in [5, 5.41) is 4.12. The van der Waals surface area contributed by atoms with Crippen LogP contribution < -0.4 is 10.2 Å². The zero-order chi connectivity index (χ0) is 15.5. The molecule has 114 valence electrons. The summed E-state index contributed by atoms with van der Waals surface area (Å²) in [4.78, 5) is 6.43. The van der Waals surface area contributed by atoms with Crippen molar-refractivity contribution in [3.8, 4) is 0 Å². The van der Waals surface area contributed by atoms with Crippen molar-refractivity contribution in [3.63, 3.8) is 0 Å². The van der Waals surface area contributed by atoms with Crippen molar-refractivity contribution in [2.45, 2.75) is 39.4 Å². The lowest BCUT2D eigenvalue weighted by molar-refractivity contribution is 0.424. The van der Waals surface area contributed by atoms with Crippen molar-refractivity contribution < 1.29 is 4.42 Å². The topological polar surface area (TPSA) is 41.3 Å². The molecule has 0 radical (unpaired) electrons. The van der Waals surface area contributed by atoms with E-state index in [-0.39, 0.29) is 5.54 Å². The van der Waals surface area contributed by atoms with Gasteiger partial charge >= 0.3 is 0 Å². The minimum absolute atomic E-state index is 0.0484. The Hall–Kier alpha value is -1.52. The molecule has 0 saturated carbocycles. The Balaban J connectivity index is 2.10. The van der Waals surface area contributed by atoms with Gasteiger partial charge in [0.15, 0.2) is 0 Å². The van der Waals surface area contributed by atoms with Crippen LogP contribution in [0.2, 0.25) is 5.02 Å². The molecule has 0 spiro atoms. The van der Waals surface area contributed by atoms with Crippen LogP contribution >= 0.6 is 11.6 Å². The van der Waals surface area contributed by atoms with E-state index in [4.69, 9.17) is 16.0 Å². The summed E-state index contributed by atoms with van der Waals surface area (Å²) >= 11 is 6.23. The molecule has 0 saturated heterocycles. The van der Waals surface area contributed by atoms with Gasteiger partial charge in [-0.3, -0.25) is 0 Å². The van der Waals surface area contributed by atoms with Gasteiger partial charge in [-0.1, -0.05) is 11.6 Å². The highest BCUT2D eigenvalue weighted by atomic mass is 35.5. The maximum Gasteiger partial charge on any atom is 0.129 e. The lowest BCUT2D eigenvalue weighted by Gasteiger charge is -2.22. The molecular formula is C16H22ClN3O. The fourth-order valence-electron chi connectivity index (χ4n) is 1.89. The first-order chi connectivity index (χ1) is 9.85. The molecular weight excluding hydrogens is 286 g/mol. The molecule has 21 heavy (non-hydrogen) atoms. The van der Waals surface area contributed by atoms with Crippen LogP contribution in [0.5, 0.6) is 0 Å². The van der Waals surface area contributed by atoms with Gasteiger partial charge in [-0.15, -0.1) is 0 Å². The Bertz CT molecular complexity index is 576. The van der Waals surface area contributed by atoms with Crippen LogP contribution in [0.15, 0.2) is 35.1 Å². The molecule has 0 bridgehead atoms. The number of rotatable bonds is 5. The molecule has 0 atom stereocenters. The van der Waals surface area contributed by atoms with Gasteiger partial charge in [0.2, 0.25) is 0 Å². The smallest absolute Gasteiger partial charge is 0.129 e. The van der Waals surface area contributed by atoms with E-state index in [2.05, 4.69) is 31.1 Å². The molecule has 0 unspecified atom stereocenters. The molecule has 1 N–H and O–H groups in total. The third-order valence-electron chi connectivity index (χ3n) is 3.09.